The SMILES string of the molecule is Cc1sc2nc(CSC(C)C(=O)NNC(=O)c3cc4c(s3)CCCCC4)[nH]c(=O)c2c1C. The van der Waals surface area contributed by atoms with Gasteiger partial charge in [0, 0.05) is 9.75 Å². The Bertz CT molecular complexity index is 1200. The van der Waals surface area contributed by atoms with Crippen LogP contribution in [0, 0.1) is 13.8 Å². The first-order valence-electron chi connectivity index (χ1n) is 10.7. The Hall–Kier alpha value is -2.17. The smallest absolute Gasteiger partial charge is 0.279 e. The molecule has 1 aliphatic rings. The van der Waals surface area contributed by atoms with Gasteiger partial charge in [-0.05, 0) is 63.6 Å². The molecule has 0 saturated heterocycles. The molecule has 0 radical (unpaired) electrons. The molecule has 3 heterocycles. The summed E-state index contributed by atoms with van der Waals surface area (Å²) in [5.41, 5.74) is 7.13. The van der Waals surface area contributed by atoms with Crippen LogP contribution in [0.2, 0.25) is 0 Å². The Labute approximate surface area is 198 Å². The van der Waals surface area contributed by atoms with E-state index >= 15 is 0 Å². The van der Waals surface area contributed by atoms with Gasteiger partial charge in [-0.15, -0.1) is 34.4 Å². The summed E-state index contributed by atoms with van der Waals surface area (Å²) >= 11 is 4.37. The number of thioether (sulfide) groups is 1. The zero-order valence-corrected chi connectivity index (χ0v) is 20.7. The number of thiophene rings is 2. The fourth-order valence-electron chi connectivity index (χ4n) is 3.71. The number of amides is 2. The van der Waals surface area contributed by atoms with Gasteiger partial charge >= 0.3 is 0 Å². The minimum absolute atomic E-state index is 0.147. The van der Waals surface area contributed by atoms with Gasteiger partial charge < -0.3 is 4.98 Å². The second-order valence-corrected chi connectivity index (χ2v) is 11.7. The third-order valence-electron chi connectivity index (χ3n) is 5.70. The number of aromatic nitrogens is 2. The number of hydrogen-bond acceptors (Lipinski definition) is 7. The van der Waals surface area contributed by atoms with Crippen LogP contribution in [0.15, 0.2) is 10.9 Å². The highest BCUT2D eigenvalue weighted by molar-refractivity contribution is 7.99. The van der Waals surface area contributed by atoms with Crippen molar-refractivity contribution in [2.24, 2.45) is 0 Å². The lowest BCUT2D eigenvalue weighted by molar-refractivity contribution is -0.121. The molecule has 1 aliphatic carbocycles. The Balaban J connectivity index is 1.31. The molecule has 3 aromatic heterocycles. The molecule has 170 valence electrons. The van der Waals surface area contributed by atoms with Crippen LogP contribution in [0.1, 0.15) is 62.6 Å². The molecule has 2 amide bonds. The van der Waals surface area contributed by atoms with Crippen molar-refractivity contribution >= 4 is 56.5 Å². The zero-order chi connectivity index (χ0) is 22.8. The summed E-state index contributed by atoms with van der Waals surface area (Å²) in [6.07, 6.45) is 5.61. The Morgan fingerprint density at radius 2 is 1.97 bits per heavy atom. The topological polar surface area (TPSA) is 104 Å². The minimum atomic E-state index is -0.428. The lowest BCUT2D eigenvalue weighted by Crippen LogP contribution is -2.44. The highest BCUT2D eigenvalue weighted by atomic mass is 32.2. The van der Waals surface area contributed by atoms with E-state index in [4.69, 9.17) is 0 Å². The molecule has 3 N–H and O–H groups in total. The highest BCUT2D eigenvalue weighted by Crippen LogP contribution is 2.29. The number of carbonyl (C=O) groups is 2. The molecule has 1 unspecified atom stereocenters. The monoisotopic (exact) mass is 490 g/mol. The maximum Gasteiger partial charge on any atom is 0.279 e. The van der Waals surface area contributed by atoms with Gasteiger partial charge in [0.2, 0.25) is 0 Å². The van der Waals surface area contributed by atoms with Gasteiger partial charge in [-0.3, -0.25) is 25.2 Å². The van der Waals surface area contributed by atoms with Crippen molar-refractivity contribution in [3.05, 3.63) is 48.0 Å². The number of fused-ring (bicyclic) bond motifs is 2. The Morgan fingerprint density at radius 1 is 1.19 bits per heavy atom. The quantitative estimate of drug-likeness (QED) is 0.370. The van der Waals surface area contributed by atoms with Gasteiger partial charge in [0.1, 0.15) is 10.7 Å². The van der Waals surface area contributed by atoms with E-state index in [0.717, 1.165) is 34.5 Å². The number of aryl methyl sites for hydroxylation is 4. The molecule has 3 aromatic rings. The fourth-order valence-corrected chi connectivity index (χ4v) is 6.66. The third kappa shape index (κ3) is 4.92. The van der Waals surface area contributed by atoms with Crippen molar-refractivity contribution in [1.29, 1.82) is 0 Å². The molecular formula is C22H26N4O3S3. The molecule has 0 spiro atoms. The van der Waals surface area contributed by atoms with Gasteiger partial charge in [0.15, 0.2) is 0 Å². The number of nitrogens with zero attached hydrogens (tertiary/aromatic N) is 1. The first-order chi connectivity index (χ1) is 15.3. The zero-order valence-electron chi connectivity index (χ0n) is 18.3. The van der Waals surface area contributed by atoms with E-state index in [1.165, 1.54) is 57.7 Å². The first-order valence-corrected chi connectivity index (χ1v) is 13.3. The summed E-state index contributed by atoms with van der Waals surface area (Å²) in [7, 11) is 0. The largest absolute Gasteiger partial charge is 0.309 e. The number of rotatable bonds is 5. The van der Waals surface area contributed by atoms with E-state index in [1.54, 1.807) is 6.92 Å². The Kier molecular flexibility index (Phi) is 7.02. The fraction of sp³-hybridized carbons (Fsp3) is 0.455. The number of nitrogens with one attached hydrogen (secondary N) is 3. The maximum atomic E-state index is 12.5. The van der Waals surface area contributed by atoms with Crippen LogP contribution >= 0.6 is 34.4 Å². The van der Waals surface area contributed by atoms with Crippen molar-refractivity contribution in [3.8, 4) is 0 Å². The summed E-state index contributed by atoms with van der Waals surface area (Å²) in [4.78, 5) is 48.4. The van der Waals surface area contributed by atoms with Crippen molar-refractivity contribution in [1.82, 2.24) is 20.8 Å². The molecule has 0 fully saturated rings. The van der Waals surface area contributed by atoms with Crippen LogP contribution < -0.4 is 16.4 Å². The van der Waals surface area contributed by atoms with Crippen molar-refractivity contribution in [3.63, 3.8) is 0 Å². The van der Waals surface area contributed by atoms with E-state index in [2.05, 4.69) is 20.8 Å². The van der Waals surface area contributed by atoms with Gasteiger partial charge in [-0.2, -0.15) is 0 Å². The number of H-pyrrole nitrogens is 1. The summed E-state index contributed by atoms with van der Waals surface area (Å²) in [5, 5.41) is 0.212. The predicted octanol–water partition coefficient (Wildman–Crippen LogP) is 4.01. The summed E-state index contributed by atoms with van der Waals surface area (Å²) in [6.45, 7) is 5.66. The van der Waals surface area contributed by atoms with Crippen LogP contribution in [0.25, 0.3) is 10.2 Å². The number of hydrazine groups is 1. The first kappa shape index (κ1) is 23.0. The second-order valence-electron chi connectivity index (χ2n) is 7.99. The third-order valence-corrected chi connectivity index (χ3v) is 9.19. The molecule has 32 heavy (non-hydrogen) atoms. The van der Waals surface area contributed by atoms with E-state index < -0.39 is 5.25 Å². The molecule has 0 aromatic carbocycles. The maximum absolute atomic E-state index is 12.5. The molecule has 0 aliphatic heterocycles. The molecule has 10 heteroatoms. The molecule has 0 bridgehead atoms. The van der Waals surface area contributed by atoms with E-state index in [1.807, 2.05) is 19.9 Å². The van der Waals surface area contributed by atoms with E-state index in [9.17, 15) is 14.4 Å². The van der Waals surface area contributed by atoms with E-state index in [-0.39, 0.29) is 17.4 Å². The summed E-state index contributed by atoms with van der Waals surface area (Å²) < 4.78 is 0. The van der Waals surface area contributed by atoms with Gasteiger partial charge in [0.25, 0.3) is 17.4 Å². The number of hydrogen-bond donors (Lipinski definition) is 3. The van der Waals surface area contributed by atoms with Crippen LogP contribution in [0.5, 0.6) is 0 Å². The summed E-state index contributed by atoms with van der Waals surface area (Å²) in [6, 6.07) is 1.96. The molecule has 0 saturated carbocycles. The molecular weight excluding hydrogens is 464 g/mol. The lowest BCUT2D eigenvalue weighted by atomic mass is 10.1. The number of carbonyl (C=O) groups excluding carboxylic acids is 2. The van der Waals surface area contributed by atoms with Gasteiger partial charge in [-0.1, -0.05) is 6.42 Å². The van der Waals surface area contributed by atoms with Crippen LogP contribution in [-0.4, -0.2) is 27.0 Å². The van der Waals surface area contributed by atoms with Crippen molar-refractivity contribution in [2.45, 2.75) is 63.9 Å². The van der Waals surface area contributed by atoms with Crippen LogP contribution in [0.3, 0.4) is 0 Å². The standard InChI is InChI=1S/C22H26N4O3S3/c1-11-12(2)31-22-18(11)21(29)23-17(24-22)10-30-13(3)19(27)25-26-20(28)16-9-14-7-5-4-6-8-15(14)32-16/h9,13H,4-8,10H2,1-3H3,(H,25,27)(H,26,28)(H,23,24,29). The lowest BCUT2D eigenvalue weighted by Gasteiger charge is -2.12. The molecule has 7 nitrogen and oxygen atoms in total. The highest BCUT2D eigenvalue weighted by Gasteiger charge is 2.19. The number of aromatic amines is 1. The summed E-state index contributed by atoms with van der Waals surface area (Å²) in [5.74, 6) is 0.347. The van der Waals surface area contributed by atoms with Crippen LogP contribution in [-0.2, 0) is 23.4 Å². The van der Waals surface area contributed by atoms with Crippen molar-refractivity contribution in [2.75, 3.05) is 0 Å². The van der Waals surface area contributed by atoms with Gasteiger partial charge in [-0.25, -0.2) is 4.98 Å². The van der Waals surface area contributed by atoms with Gasteiger partial charge in [0.05, 0.1) is 21.3 Å². The Morgan fingerprint density at radius 3 is 2.78 bits per heavy atom. The average molecular weight is 491 g/mol. The normalized spacial score (nSPS) is 14.6. The molecule has 4 rings (SSSR count). The van der Waals surface area contributed by atoms with Crippen LogP contribution in [0.4, 0.5) is 0 Å². The average Bonchev–Trinajstić information content (AvgIpc) is 3.21. The minimum Gasteiger partial charge on any atom is -0.309 e. The van der Waals surface area contributed by atoms with E-state index in [0.29, 0.717) is 21.8 Å². The second kappa shape index (κ2) is 9.76. The van der Waals surface area contributed by atoms with Crippen molar-refractivity contribution < 1.29 is 9.59 Å². The molecule has 1 atom stereocenters. The predicted molar refractivity (Wildman–Crippen MR) is 132 cm³/mol.